The number of esters is 5. The molecule has 20 nitrogen and oxygen atoms in total. The third-order valence-corrected chi connectivity index (χ3v) is 28.2. The summed E-state index contributed by atoms with van der Waals surface area (Å²) in [4.78, 5) is 65.5. The summed E-state index contributed by atoms with van der Waals surface area (Å²) >= 11 is 0. The van der Waals surface area contributed by atoms with Crippen molar-refractivity contribution in [2.75, 3.05) is 34.0 Å². The van der Waals surface area contributed by atoms with E-state index in [1.165, 1.54) is 44.1 Å². The number of ether oxygens (including phenoxy) is 11. The van der Waals surface area contributed by atoms with Gasteiger partial charge in [-0.2, -0.15) is 0 Å². The topological polar surface area (TPSA) is 268 Å². The van der Waals surface area contributed by atoms with Gasteiger partial charge in [0.25, 0.3) is 0 Å². The van der Waals surface area contributed by atoms with Crippen LogP contribution in [0.5, 0.6) is 23.0 Å². The van der Waals surface area contributed by atoms with Gasteiger partial charge in [0.15, 0.2) is 11.5 Å². The minimum atomic E-state index is -1.42. The van der Waals surface area contributed by atoms with Crippen molar-refractivity contribution in [1.82, 2.24) is 0 Å². The van der Waals surface area contributed by atoms with Crippen LogP contribution in [0.3, 0.4) is 0 Å². The fraction of sp³-hybridized carbons (Fsp3) is 0.602. The fourth-order valence-corrected chi connectivity index (χ4v) is 20.5. The molecule has 14 unspecified atom stereocenters. The lowest BCUT2D eigenvalue weighted by Crippen LogP contribution is -2.63. The van der Waals surface area contributed by atoms with Gasteiger partial charge >= 0.3 is 29.8 Å². The van der Waals surface area contributed by atoms with E-state index in [-0.39, 0.29) is 131 Å². The number of rotatable bonds is 34. The number of aliphatic hydroxyl groups is 4. The molecule has 9 aliphatic rings. The Morgan fingerprint density at radius 3 is 1.71 bits per heavy atom. The predicted molar refractivity (Wildman–Crippen MR) is 473 cm³/mol. The highest BCUT2D eigenvalue weighted by Gasteiger charge is 2.76. The molecule has 672 valence electrons. The second kappa shape index (κ2) is 41.9. The Hall–Kier alpha value is -8.21. The molecule has 9 fully saturated rings. The lowest BCUT2D eigenvalue weighted by molar-refractivity contribution is -0.255. The van der Waals surface area contributed by atoms with E-state index in [1.807, 2.05) is 128 Å². The molecule has 123 heavy (non-hydrogen) atoms. The summed E-state index contributed by atoms with van der Waals surface area (Å²) in [5.41, 5.74) is 8.64. The van der Waals surface area contributed by atoms with Gasteiger partial charge in [0.05, 0.1) is 67.6 Å². The maximum absolute atomic E-state index is 14.2. The predicted octanol–water partition coefficient (Wildman–Crippen LogP) is 20.3. The molecule has 0 amide bonds. The second-order valence-corrected chi connectivity index (χ2v) is 38.0. The molecule has 1 aliphatic heterocycles. The van der Waals surface area contributed by atoms with Gasteiger partial charge in [-0.1, -0.05) is 168 Å². The van der Waals surface area contributed by atoms with Gasteiger partial charge in [0.1, 0.15) is 60.6 Å². The highest BCUT2D eigenvalue weighted by molar-refractivity contribution is 6.03. The molecule has 20 heteroatoms. The summed E-state index contributed by atoms with van der Waals surface area (Å²) in [6.45, 7) is 24.2. The monoisotopic (exact) mass is 1700 g/mol. The van der Waals surface area contributed by atoms with E-state index in [1.54, 1.807) is 38.5 Å². The summed E-state index contributed by atoms with van der Waals surface area (Å²) in [6.07, 6.45) is 18.3. The van der Waals surface area contributed by atoms with Crippen LogP contribution < -0.4 is 18.9 Å². The van der Waals surface area contributed by atoms with E-state index in [9.17, 15) is 44.4 Å². The van der Waals surface area contributed by atoms with E-state index in [0.717, 1.165) is 127 Å². The average Bonchev–Trinajstić information content (AvgIpc) is 1.56. The van der Waals surface area contributed by atoms with E-state index >= 15 is 0 Å². The summed E-state index contributed by atoms with van der Waals surface area (Å²) in [6, 6.07) is 38.5. The Labute approximate surface area is 730 Å². The van der Waals surface area contributed by atoms with Gasteiger partial charge in [-0.3, -0.25) is 24.0 Å². The Bertz CT molecular complexity index is 4410. The van der Waals surface area contributed by atoms with Crippen molar-refractivity contribution in [3.63, 3.8) is 0 Å². The fourth-order valence-electron chi connectivity index (χ4n) is 20.5. The number of hydrogen-bond acceptors (Lipinski definition) is 20. The summed E-state index contributed by atoms with van der Waals surface area (Å²) in [7, 11) is 3.38. The Balaban J connectivity index is 0.000000183. The van der Waals surface area contributed by atoms with Crippen molar-refractivity contribution in [2.24, 2.45) is 52.3 Å². The smallest absolute Gasteiger partial charge is 0.324 e. The number of carbonyl (C=O) groups is 5. The first-order valence-corrected chi connectivity index (χ1v) is 45.3. The zero-order valence-corrected chi connectivity index (χ0v) is 74.7. The van der Waals surface area contributed by atoms with Crippen LogP contribution >= 0.6 is 0 Å². The summed E-state index contributed by atoms with van der Waals surface area (Å²) in [5.74, 6) is 1.46. The summed E-state index contributed by atoms with van der Waals surface area (Å²) in [5, 5.41) is 40.4. The van der Waals surface area contributed by atoms with Gasteiger partial charge in [-0.25, -0.2) is 0 Å². The highest BCUT2D eigenvalue weighted by Crippen LogP contribution is 2.64. The van der Waals surface area contributed by atoms with Crippen molar-refractivity contribution in [1.29, 1.82) is 0 Å². The van der Waals surface area contributed by atoms with Crippen LogP contribution in [0, 0.1) is 52.3 Å². The summed E-state index contributed by atoms with van der Waals surface area (Å²) < 4.78 is 67.0. The number of benzene rings is 6. The molecule has 8 saturated carbocycles. The van der Waals surface area contributed by atoms with Crippen LogP contribution in [-0.2, 0) is 95.4 Å². The molecule has 0 radical (unpaired) electrons. The minimum Gasteiger partial charge on any atom is -0.490 e. The highest BCUT2D eigenvalue weighted by atomic mass is 16.6. The third-order valence-electron chi connectivity index (χ3n) is 28.2. The molecular weight excluding hydrogens is 1560 g/mol. The zero-order chi connectivity index (χ0) is 87.4. The van der Waals surface area contributed by atoms with Crippen LogP contribution in [0.25, 0.3) is 11.1 Å². The van der Waals surface area contributed by atoms with Crippen molar-refractivity contribution >= 4 is 29.8 Å². The van der Waals surface area contributed by atoms with Crippen LogP contribution in [0.15, 0.2) is 121 Å². The quantitative estimate of drug-likeness (QED) is 0.00961. The van der Waals surface area contributed by atoms with Crippen LogP contribution in [0.4, 0.5) is 0 Å². The lowest BCUT2D eigenvalue weighted by atomic mass is 9.52. The largest absolute Gasteiger partial charge is 0.490 e. The van der Waals surface area contributed by atoms with Crippen LogP contribution in [-0.4, -0.2) is 114 Å². The molecule has 6 aromatic rings. The second-order valence-electron chi connectivity index (χ2n) is 38.0. The van der Waals surface area contributed by atoms with Crippen molar-refractivity contribution in [3.05, 3.63) is 177 Å². The molecular formula is C103H140O20. The third kappa shape index (κ3) is 21.9. The number of fused-ring (bicyclic) bond motifs is 1. The normalized spacial score (nSPS) is 25.4. The zero-order valence-electron chi connectivity index (χ0n) is 74.7. The van der Waals surface area contributed by atoms with Gasteiger partial charge in [-0.05, 0) is 246 Å². The molecule has 8 aliphatic carbocycles. The van der Waals surface area contributed by atoms with E-state index in [0.29, 0.717) is 70.6 Å². The van der Waals surface area contributed by atoms with Gasteiger partial charge in [0.2, 0.25) is 0 Å². The molecule has 1 saturated heterocycles. The molecule has 1 heterocycles. The SMILES string of the molecule is C.CCC(C)(C)C(=O)OC12CC3CC(C1)CC(OC1CCCCC1Cc1c(CO)cc(C(C)(C)C)cc1CO)(C3)C2.CCC(C)C(=O)OC1C2CC3C1OC(=O)C3(C(=O)OC(COc1c(C(C)OC)cc(C3CCCCC3)cc1C(C)OC)c1ccccc1)C2.CCC(C)C(=O)Oc1ccc(OCCOc2c(CO)cc(-c3ccccc3)cc2CO)cc1. The Morgan fingerprint density at radius 2 is 1.14 bits per heavy atom. The average molecular weight is 1700 g/mol. The first-order valence-electron chi connectivity index (χ1n) is 45.3. The molecule has 6 bridgehead atoms. The van der Waals surface area contributed by atoms with Gasteiger partial charge in [0, 0.05) is 54.7 Å². The van der Waals surface area contributed by atoms with E-state index in [4.69, 9.17) is 52.1 Å². The lowest BCUT2D eigenvalue weighted by Gasteiger charge is -2.62. The van der Waals surface area contributed by atoms with E-state index < -0.39 is 47.0 Å². The van der Waals surface area contributed by atoms with Crippen molar-refractivity contribution in [2.45, 2.75) is 311 Å². The Morgan fingerprint density at radius 1 is 0.585 bits per heavy atom. The first kappa shape index (κ1) is 95.4. The molecule has 0 spiro atoms. The first-order chi connectivity index (χ1) is 58.5. The number of methoxy groups -OCH3 is 2. The molecule has 4 N–H and O–H groups in total. The van der Waals surface area contributed by atoms with Crippen molar-refractivity contribution < 1.29 is 96.5 Å². The Kier molecular flexibility index (Phi) is 32.5. The molecule has 14 atom stereocenters. The van der Waals surface area contributed by atoms with Gasteiger partial charge < -0.3 is 72.5 Å². The molecule has 0 aromatic heterocycles. The van der Waals surface area contributed by atoms with Gasteiger partial charge in [-0.15, -0.1) is 0 Å². The number of carbonyl (C=O) groups excluding carboxylic acids is 5. The van der Waals surface area contributed by atoms with Crippen LogP contribution in [0.2, 0.25) is 0 Å². The minimum absolute atomic E-state index is 0. The van der Waals surface area contributed by atoms with E-state index in [2.05, 4.69) is 52.0 Å². The molecule has 6 aromatic carbocycles. The standard InChI is InChI=1S/C40H52O9.C35H54O5.C27H30O6.CH4/c1-7-23(2)37(41)48-34-29-20-32-36(34)49-39(43)40(32,21-29)38(42)47-33(27-16-12-9-13-17-27)22-46-35-30(24(3)44-5)18-28(19-31(35)25(4)45-6)26-14-10-8-11-15-26;1-7-33(5,6)31(38)40-35-18-23-12-24(19-35)17-34(16-23,22-35)39-30-11-9-8-10-25(30)15-29-26(20-36)13-28(32(2,3)4)14-27(29)21-37;1-3-19(2)27(30)33-25-11-9-24(10-12-25)31-13-14-32-26-22(17-28)15-21(16-23(26)18-29)20-7-5-4-6-8-20;/h9,12-13,16-19,23-26,29,32-34,36H,7-8,10-11,14-15,20-22H2,1-6H3;13-14,23-25,30,36-37H,7-12,15-22H2,1-6H3;4-12,15-16,19,28-29H,3,13-14,17-18H2,1-2H3;1H4. The molecule has 15 rings (SSSR count). The van der Waals surface area contributed by atoms with Crippen molar-refractivity contribution in [3.8, 4) is 34.1 Å². The van der Waals surface area contributed by atoms with Crippen LogP contribution in [0.1, 0.15) is 299 Å². The number of aliphatic hydroxyl groups excluding tert-OH is 4. The number of hydrogen-bond donors (Lipinski definition) is 4. The maximum Gasteiger partial charge on any atom is 0.324 e. The maximum atomic E-state index is 14.2.